The van der Waals surface area contributed by atoms with Gasteiger partial charge in [0.1, 0.15) is 17.8 Å². The molecule has 0 bridgehead atoms. The second-order valence-electron chi connectivity index (χ2n) is 10.2. The topological polar surface area (TPSA) is 81.2 Å². The van der Waals surface area contributed by atoms with Crippen LogP contribution in [0.25, 0.3) is 0 Å². The molecule has 0 radical (unpaired) electrons. The van der Waals surface area contributed by atoms with Crippen LogP contribution in [-0.4, -0.2) is 40.5 Å². The minimum atomic E-state index is 0.0386. The number of fused-ring (bicyclic) bond motifs is 3. The fourth-order valence-electron chi connectivity index (χ4n) is 5.09. The van der Waals surface area contributed by atoms with Crippen molar-refractivity contribution in [1.82, 2.24) is 26.1 Å². The highest BCUT2D eigenvalue weighted by Gasteiger charge is 2.44. The lowest BCUT2D eigenvalue weighted by molar-refractivity contribution is -0.121. The first-order valence-electron chi connectivity index (χ1n) is 13.4. The molecule has 1 amide bonds. The SMILES string of the molecule is CCCCOc1ccc(C2CC3C4NN=C(CCC(=O)NCc5ccc(C)c(C)c5)N4C=CN3N2)cc1. The molecule has 8 nitrogen and oxygen atoms in total. The Labute approximate surface area is 219 Å². The molecule has 2 aromatic rings. The van der Waals surface area contributed by atoms with Crippen molar-refractivity contribution >= 4 is 11.7 Å². The minimum absolute atomic E-state index is 0.0386. The van der Waals surface area contributed by atoms with E-state index in [2.05, 4.69) is 101 Å². The van der Waals surface area contributed by atoms with Crippen LogP contribution in [0.3, 0.4) is 0 Å². The molecule has 2 aromatic carbocycles. The van der Waals surface area contributed by atoms with Gasteiger partial charge in [0.2, 0.25) is 5.91 Å². The van der Waals surface area contributed by atoms with E-state index in [0.717, 1.165) is 43.0 Å². The first-order chi connectivity index (χ1) is 18.0. The van der Waals surface area contributed by atoms with Crippen molar-refractivity contribution in [2.75, 3.05) is 6.61 Å². The monoisotopic (exact) mass is 502 g/mol. The number of hydrogen-bond donors (Lipinski definition) is 3. The van der Waals surface area contributed by atoms with Gasteiger partial charge in [-0.1, -0.05) is 43.7 Å². The molecule has 3 aliphatic heterocycles. The highest BCUT2D eigenvalue weighted by molar-refractivity contribution is 5.89. The van der Waals surface area contributed by atoms with Crippen LogP contribution in [0.2, 0.25) is 0 Å². The van der Waals surface area contributed by atoms with Crippen LogP contribution in [0.1, 0.15) is 67.3 Å². The zero-order valence-electron chi connectivity index (χ0n) is 22.0. The van der Waals surface area contributed by atoms with Crippen LogP contribution in [0, 0.1) is 13.8 Å². The lowest BCUT2D eigenvalue weighted by Gasteiger charge is -2.37. The number of benzene rings is 2. The van der Waals surface area contributed by atoms with Gasteiger partial charge in [0, 0.05) is 31.8 Å². The molecule has 0 saturated carbocycles. The van der Waals surface area contributed by atoms with E-state index in [-0.39, 0.29) is 24.2 Å². The number of nitrogens with one attached hydrogen (secondary N) is 3. The predicted octanol–water partition coefficient (Wildman–Crippen LogP) is 4.23. The second kappa shape index (κ2) is 11.3. The first-order valence-corrected chi connectivity index (χ1v) is 13.4. The second-order valence-corrected chi connectivity index (χ2v) is 10.2. The average molecular weight is 503 g/mol. The summed E-state index contributed by atoms with van der Waals surface area (Å²) in [5.41, 5.74) is 11.8. The summed E-state index contributed by atoms with van der Waals surface area (Å²) in [6.07, 6.45) is 8.33. The van der Waals surface area contributed by atoms with Gasteiger partial charge in [-0.2, -0.15) is 5.10 Å². The number of carbonyl (C=O) groups excluding carboxylic acids is 1. The van der Waals surface area contributed by atoms with E-state index < -0.39 is 0 Å². The number of carbonyl (C=O) groups is 1. The van der Waals surface area contributed by atoms with Crippen LogP contribution >= 0.6 is 0 Å². The molecule has 3 heterocycles. The number of ether oxygens (including phenoxy) is 1. The molecule has 3 atom stereocenters. The van der Waals surface area contributed by atoms with E-state index >= 15 is 0 Å². The van der Waals surface area contributed by atoms with Gasteiger partial charge in [0.05, 0.1) is 18.7 Å². The molecule has 0 spiro atoms. The molecule has 8 heteroatoms. The number of hydrazine groups is 1. The third-order valence-corrected chi connectivity index (χ3v) is 7.50. The Kier molecular flexibility index (Phi) is 7.65. The minimum Gasteiger partial charge on any atom is -0.494 e. The number of unbranched alkanes of at least 4 members (excludes halogenated alkanes) is 1. The van der Waals surface area contributed by atoms with Crippen LogP contribution in [0.5, 0.6) is 5.75 Å². The summed E-state index contributed by atoms with van der Waals surface area (Å²) < 4.78 is 5.81. The molecule has 3 unspecified atom stereocenters. The van der Waals surface area contributed by atoms with Gasteiger partial charge in [0.15, 0.2) is 0 Å². The van der Waals surface area contributed by atoms with E-state index in [0.29, 0.717) is 19.4 Å². The lowest BCUT2D eigenvalue weighted by Crippen LogP contribution is -2.54. The molecule has 37 heavy (non-hydrogen) atoms. The van der Waals surface area contributed by atoms with Gasteiger partial charge in [-0.05, 0) is 61.1 Å². The van der Waals surface area contributed by atoms with Crippen molar-refractivity contribution in [3.05, 3.63) is 77.1 Å². The molecular weight excluding hydrogens is 464 g/mol. The number of hydrogen-bond acceptors (Lipinski definition) is 7. The maximum Gasteiger partial charge on any atom is 0.220 e. The summed E-state index contributed by atoms with van der Waals surface area (Å²) in [7, 11) is 0. The van der Waals surface area contributed by atoms with Crippen molar-refractivity contribution in [2.24, 2.45) is 5.10 Å². The van der Waals surface area contributed by atoms with E-state index in [9.17, 15) is 4.79 Å². The van der Waals surface area contributed by atoms with Gasteiger partial charge in [-0.3, -0.25) is 10.2 Å². The zero-order valence-corrected chi connectivity index (χ0v) is 22.0. The number of amides is 1. The van der Waals surface area contributed by atoms with E-state index in [1.165, 1.54) is 16.7 Å². The smallest absolute Gasteiger partial charge is 0.220 e. The molecule has 1 saturated heterocycles. The van der Waals surface area contributed by atoms with Crippen molar-refractivity contribution in [3.63, 3.8) is 0 Å². The standard InChI is InChI=1S/C29H38N6O2/c1-4-5-16-37-24-10-8-23(9-11-24)25-18-26-29-32-31-27(34(29)14-15-35(26)33-25)12-13-28(36)30-19-22-7-6-20(2)21(3)17-22/h6-11,14-15,17,25-26,29,32-33H,4-5,12-13,16,18-19H2,1-3H3,(H,30,36). The quantitative estimate of drug-likeness (QED) is 0.422. The summed E-state index contributed by atoms with van der Waals surface area (Å²) in [6, 6.07) is 15.2. The van der Waals surface area contributed by atoms with Crippen LogP contribution < -0.4 is 20.9 Å². The third-order valence-electron chi connectivity index (χ3n) is 7.50. The summed E-state index contributed by atoms with van der Waals surface area (Å²) in [5.74, 6) is 1.86. The summed E-state index contributed by atoms with van der Waals surface area (Å²) in [4.78, 5) is 14.7. The van der Waals surface area contributed by atoms with Crippen molar-refractivity contribution in [1.29, 1.82) is 0 Å². The maximum absolute atomic E-state index is 12.5. The number of aryl methyl sites for hydroxylation is 2. The highest BCUT2D eigenvalue weighted by Crippen LogP contribution is 2.34. The first kappa shape index (κ1) is 25.1. The summed E-state index contributed by atoms with van der Waals surface area (Å²) in [5, 5.41) is 9.81. The molecule has 0 aliphatic carbocycles. The van der Waals surface area contributed by atoms with Crippen molar-refractivity contribution in [2.45, 2.75) is 77.7 Å². The highest BCUT2D eigenvalue weighted by atomic mass is 16.5. The fourth-order valence-corrected chi connectivity index (χ4v) is 5.09. The van der Waals surface area contributed by atoms with Gasteiger partial charge >= 0.3 is 0 Å². The Balaban J connectivity index is 1.11. The van der Waals surface area contributed by atoms with E-state index in [1.54, 1.807) is 0 Å². The van der Waals surface area contributed by atoms with Crippen molar-refractivity contribution in [3.8, 4) is 5.75 Å². The van der Waals surface area contributed by atoms with E-state index in [4.69, 9.17) is 4.74 Å². The zero-order chi connectivity index (χ0) is 25.8. The van der Waals surface area contributed by atoms with Gasteiger partial charge in [-0.15, -0.1) is 0 Å². The summed E-state index contributed by atoms with van der Waals surface area (Å²) in [6.45, 7) is 7.67. The van der Waals surface area contributed by atoms with Crippen LogP contribution in [0.15, 0.2) is 60.0 Å². The molecule has 3 aliphatic rings. The van der Waals surface area contributed by atoms with Crippen LogP contribution in [-0.2, 0) is 11.3 Å². The molecule has 3 N–H and O–H groups in total. The maximum atomic E-state index is 12.5. The lowest BCUT2D eigenvalue weighted by atomic mass is 9.99. The number of hydrazone groups is 1. The van der Waals surface area contributed by atoms with Gasteiger partial charge < -0.3 is 20.0 Å². The van der Waals surface area contributed by atoms with Crippen LogP contribution in [0.4, 0.5) is 0 Å². The number of nitrogens with zero attached hydrogens (tertiary/aromatic N) is 3. The fraction of sp³-hybridized carbons (Fsp3) is 0.448. The number of amidine groups is 1. The molecule has 1 fully saturated rings. The molecule has 196 valence electrons. The van der Waals surface area contributed by atoms with Gasteiger partial charge in [0.25, 0.3) is 0 Å². The number of rotatable bonds is 10. The Hall–Kier alpha value is -3.52. The average Bonchev–Trinajstić information content (AvgIpc) is 3.53. The normalized spacial score (nSPS) is 21.8. The molecular formula is C29H38N6O2. The Morgan fingerprint density at radius 2 is 1.97 bits per heavy atom. The van der Waals surface area contributed by atoms with E-state index in [1.807, 2.05) is 6.20 Å². The Morgan fingerprint density at radius 3 is 2.76 bits per heavy atom. The van der Waals surface area contributed by atoms with Gasteiger partial charge in [-0.25, -0.2) is 5.43 Å². The van der Waals surface area contributed by atoms with Crippen molar-refractivity contribution < 1.29 is 9.53 Å². The Bertz CT molecular complexity index is 1160. The molecule has 0 aromatic heterocycles. The Morgan fingerprint density at radius 1 is 1.14 bits per heavy atom. The predicted molar refractivity (Wildman–Crippen MR) is 145 cm³/mol. The summed E-state index contributed by atoms with van der Waals surface area (Å²) >= 11 is 0. The third kappa shape index (κ3) is 5.74. The largest absolute Gasteiger partial charge is 0.494 e. The molecule has 5 rings (SSSR count).